The number of aliphatic hydroxyl groups excluding tert-OH is 1. The molecule has 0 heterocycles. The fraction of sp³-hybridized carbons (Fsp3) is 0.571. The molecule has 1 nitrogen and oxygen atoms in total. The Morgan fingerprint density at radius 3 is 2.47 bits per heavy atom. The lowest BCUT2D eigenvalue weighted by Crippen LogP contribution is -2.14. The summed E-state index contributed by atoms with van der Waals surface area (Å²) >= 11 is 3.03. The first-order chi connectivity index (χ1) is 8.75. The fourth-order valence-corrected chi connectivity index (χ4v) is 2.54. The van der Waals surface area contributed by atoms with Crippen molar-refractivity contribution in [2.75, 3.05) is 0 Å². The van der Waals surface area contributed by atoms with Crippen molar-refractivity contribution in [1.82, 2.24) is 0 Å². The maximum Gasteiger partial charge on any atom is 0.416 e. The average molecular weight is 339 g/mol. The van der Waals surface area contributed by atoms with E-state index in [0.717, 1.165) is 18.9 Å². The fourth-order valence-electron chi connectivity index (χ4n) is 2.18. The first kappa shape index (κ1) is 16.5. The van der Waals surface area contributed by atoms with Crippen LogP contribution in [-0.2, 0) is 6.18 Å². The highest BCUT2D eigenvalue weighted by atomic mass is 79.9. The van der Waals surface area contributed by atoms with Gasteiger partial charge >= 0.3 is 6.18 Å². The second-order valence-electron chi connectivity index (χ2n) is 4.87. The number of rotatable bonds is 5. The minimum absolute atomic E-state index is 0.0429. The number of alkyl halides is 3. The van der Waals surface area contributed by atoms with Crippen LogP contribution in [0, 0.1) is 5.92 Å². The van der Waals surface area contributed by atoms with Crippen LogP contribution in [0.4, 0.5) is 13.2 Å². The van der Waals surface area contributed by atoms with Gasteiger partial charge < -0.3 is 5.11 Å². The maximum atomic E-state index is 12.9. The molecule has 0 aromatic heterocycles. The second-order valence-corrected chi connectivity index (χ2v) is 5.79. The normalized spacial score (nSPS) is 15.3. The largest absolute Gasteiger partial charge is 0.416 e. The summed E-state index contributed by atoms with van der Waals surface area (Å²) in [4.78, 5) is 0. The molecular formula is C14H18BrF3O. The van der Waals surface area contributed by atoms with Crippen LogP contribution in [0.25, 0.3) is 0 Å². The Morgan fingerprint density at radius 1 is 1.32 bits per heavy atom. The number of aliphatic hydroxyl groups is 1. The third-order valence-corrected chi connectivity index (χ3v) is 3.58. The van der Waals surface area contributed by atoms with Crippen LogP contribution in [-0.4, -0.2) is 5.11 Å². The number of hydrogen-bond acceptors (Lipinski definition) is 1. The third-order valence-electron chi connectivity index (χ3n) is 3.09. The monoisotopic (exact) mass is 338 g/mol. The van der Waals surface area contributed by atoms with E-state index in [-0.39, 0.29) is 11.5 Å². The van der Waals surface area contributed by atoms with Crippen molar-refractivity contribution < 1.29 is 18.3 Å². The van der Waals surface area contributed by atoms with Gasteiger partial charge in [0, 0.05) is 4.47 Å². The molecule has 0 aliphatic carbocycles. The number of halogens is 4. The highest BCUT2D eigenvalue weighted by molar-refractivity contribution is 9.10. The molecule has 0 saturated carbocycles. The molecule has 1 rings (SSSR count). The van der Waals surface area contributed by atoms with Gasteiger partial charge in [-0.15, -0.1) is 0 Å². The first-order valence-corrected chi connectivity index (χ1v) is 7.09. The highest BCUT2D eigenvalue weighted by Crippen LogP contribution is 2.38. The van der Waals surface area contributed by atoms with Crippen LogP contribution in [0.15, 0.2) is 22.7 Å². The molecule has 2 atom stereocenters. The lowest BCUT2D eigenvalue weighted by molar-refractivity contribution is -0.139. The Kier molecular flexibility index (Phi) is 5.86. The quantitative estimate of drug-likeness (QED) is 0.769. The molecule has 1 aromatic rings. The van der Waals surface area contributed by atoms with E-state index >= 15 is 0 Å². The Morgan fingerprint density at radius 2 is 1.95 bits per heavy atom. The van der Waals surface area contributed by atoms with Gasteiger partial charge in [-0.1, -0.05) is 48.7 Å². The SMILES string of the molecule is CCCC(C)CC(O)c1ccc(Br)cc1C(F)(F)F. The molecule has 0 amide bonds. The highest BCUT2D eigenvalue weighted by Gasteiger charge is 2.35. The zero-order chi connectivity index (χ0) is 14.6. The van der Waals surface area contributed by atoms with Crippen molar-refractivity contribution in [3.8, 4) is 0 Å². The summed E-state index contributed by atoms with van der Waals surface area (Å²) in [5.41, 5.74) is -0.809. The topological polar surface area (TPSA) is 20.2 Å². The Balaban J connectivity index is 2.99. The molecule has 2 unspecified atom stereocenters. The minimum atomic E-state index is -4.45. The number of hydrogen-bond donors (Lipinski definition) is 1. The van der Waals surface area contributed by atoms with Crippen molar-refractivity contribution in [3.63, 3.8) is 0 Å². The average Bonchev–Trinajstić information content (AvgIpc) is 2.27. The van der Waals surface area contributed by atoms with E-state index in [1.54, 1.807) is 0 Å². The Labute approximate surface area is 120 Å². The van der Waals surface area contributed by atoms with Gasteiger partial charge in [-0.05, 0) is 30.0 Å². The van der Waals surface area contributed by atoms with Gasteiger partial charge in [-0.3, -0.25) is 0 Å². The van der Waals surface area contributed by atoms with Gasteiger partial charge in [0.25, 0.3) is 0 Å². The third kappa shape index (κ3) is 4.80. The predicted octanol–water partition coefficient (Wildman–Crippen LogP) is 5.33. The van der Waals surface area contributed by atoms with Crippen molar-refractivity contribution in [3.05, 3.63) is 33.8 Å². The van der Waals surface area contributed by atoms with E-state index < -0.39 is 17.8 Å². The summed E-state index contributed by atoms with van der Waals surface area (Å²) in [6.07, 6.45) is -3.33. The summed E-state index contributed by atoms with van der Waals surface area (Å²) < 4.78 is 39.2. The van der Waals surface area contributed by atoms with Crippen molar-refractivity contribution in [1.29, 1.82) is 0 Å². The Hall–Kier alpha value is -0.550. The zero-order valence-corrected chi connectivity index (χ0v) is 12.6. The standard InChI is InChI=1S/C14H18BrF3O/c1-3-4-9(2)7-13(19)11-6-5-10(15)8-12(11)14(16,17)18/h5-6,8-9,13,19H,3-4,7H2,1-2H3. The molecule has 0 fully saturated rings. The molecule has 0 spiro atoms. The predicted molar refractivity (Wildman–Crippen MR) is 72.8 cm³/mol. The van der Waals surface area contributed by atoms with Gasteiger partial charge in [0.1, 0.15) is 0 Å². The van der Waals surface area contributed by atoms with Crippen LogP contribution in [0.1, 0.15) is 50.3 Å². The van der Waals surface area contributed by atoms with Gasteiger partial charge in [-0.2, -0.15) is 13.2 Å². The van der Waals surface area contributed by atoms with E-state index in [9.17, 15) is 18.3 Å². The van der Waals surface area contributed by atoms with Crippen molar-refractivity contribution in [2.24, 2.45) is 5.92 Å². The van der Waals surface area contributed by atoms with Crippen molar-refractivity contribution in [2.45, 2.75) is 45.4 Å². The van der Waals surface area contributed by atoms with Gasteiger partial charge in [0.2, 0.25) is 0 Å². The molecule has 0 bridgehead atoms. The minimum Gasteiger partial charge on any atom is -0.388 e. The van der Waals surface area contributed by atoms with Crippen LogP contribution in [0.3, 0.4) is 0 Å². The number of benzene rings is 1. The first-order valence-electron chi connectivity index (χ1n) is 6.30. The van der Waals surface area contributed by atoms with E-state index in [2.05, 4.69) is 15.9 Å². The molecular weight excluding hydrogens is 321 g/mol. The summed E-state index contributed by atoms with van der Waals surface area (Å²) in [5, 5.41) is 10.0. The van der Waals surface area contributed by atoms with E-state index in [0.29, 0.717) is 10.9 Å². The summed E-state index contributed by atoms with van der Waals surface area (Å²) in [5.74, 6) is 0.199. The van der Waals surface area contributed by atoms with E-state index in [4.69, 9.17) is 0 Å². The van der Waals surface area contributed by atoms with Gasteiger partial charge in [-0.25, -0.2) is 0 Å². The summed E-state index contributed by atoms with van der Waals surface area (Å²) in [7, 11) is 0. The molecule has 0 saturated heterocycles. The molecule has 19 heavy (non-hydrogen) atoms. The molecule has 1 aromatic carbocycles. The Bertz CT molecular complexity index is 418. The molecule has 0 aliphatic heterocycles. The van der Waals surface area contributed by atoms with Crippen molar-refractivity contribution >= 4 is 15.9 Å². The van der Waals surface area contributed by atoms with Crippen LogP contribution in [0.5, 0.6) is 0 Å². The van der Waals surface area contributed by atoms with Crippen LogP contribution in [0.2, 0.25) is 0 Å². The smallest absolute Gasteiger partial charge is 0.388 e. The molecule has 0 radical (unpaired) electrons. The van der Waals surface area contributed by atoms with Gasteiger partial charge in [0.05, 0.1) is 11.7 Å². The maximum absolute atomic E-state index is 12.9. The summed E-state index contributed by atoms with van der Waals surface area (Å²) in [6.45, 7) is 3.96. The summed E-state index contributed by atoms with van der Waals surface area (Å²) in [6, 6.07) is 3.89. The van der Waals surface area contributed by atoms with Crippen LogP contribution < -0.4 is 0 Å². The lowest BCUT2D eigenvalue weighted by atomic mass is 9.92. The second kappa shape index (κ2) is 6.75. The van der Waals surface area contributed by atoms with E-state index in [1.807, 2.05) is 13.8 Å². The van der Waals surface area contributed by atoms with Crippen LogP contribution >= 0.6 is 15.9 Å². The van der Waals surface area contributed by atoms with Gasteiger partial charge in [0.15, 0.2) is 0 Å². The zero-order valence-electron chi connectivity index (χ0n) is 11.0. The molecule has 108 valence electrons. The molecule has 1 N–H and O–H groups in total. The molecule has 5 heteroatoms. The molecule has 0 aliphatic rings. The lowest BCUT2D eigenvalue weighted by Gasteiger charge is -2.20. The van der Waals surface area contributed by atoms with E-state index in [1.165, 1.54) is 12.1 Å².